The zero-order valence-electron chi connectivity index (χ0n) is 21.0. The second-order valence-electron chi connectivity index (χ2n) is 11.2. The first-order valence-electron chi connectivity index (χ1n) is 12.5. The second-order valence-corrected chi connectivity index (χ2v) is 14.7. The predicted molar refractivity (Wildman–Crippen MR) is 156 cm³/mol. The summed E-state index contributed by atoms with van der Waals surface area (Å²) >= 11 is 6.32. The van der Waals surface area contributed by atoms with Crippen molar-refractivity contribution in [2.24, 2.45) is 17.3 Å². The van der Waals surface area contributed by atoms with Crippen molar-refractivity contribution in [1.29, 1.82) is 0 Å². The average molecular weight is 768 g/mol. The van der Waals surface area contributed by atoms with Crippen LogP contribution in [0.5, 0.6) is 5.75 Å². The number of rotatable bonds is 7. The number of carbonyl (C=O) groups is 2. The maximum absolute atomic E-state index is 13.4. The summed E-state index contributed by atoms with van der Waals surface area (Å²) in [5.41, 5.74) is 0.0635. The van der Waals surface area contributed by atoms with E-state index >= 15 is 0 Å². The minimum Gasteiger partial charge on any atom is -0.461 e. The Morgan fingerprint density at radius 2 is 1.74 bits per heavy atom. The Morgan fingerprint density at radius 3 is 2.34 bits per heavy atom. The first kappa shape index (κ1) is 28.4. The van der Waals surface area contributed by atoms with Crippen molar-refractivity contribution in [3.8, 4) is 5.75 Å². The van der Waals surface area contributed by atoms with Crippen LogP contribution >= 0.6 is 56.9 Å². The standard InChI is InChI=1S/C28H28F2I2O5S/c1-16-7-19(31)9-22(32)23(16)38-21-5-3-20(4-6-21)36-25(34)37-28-12-17-8-18(13-28)11-27(10-17,14-28)15-35-24(33)26(2,29)30/h3-7,9,17-18H,8,10-15H2,1-2H3. The molecular formula is C28H28F2I2O5S. The van der Waals surface area contributed by atoms with E-state index in [9.17, 15) is 18.4 Å². The second kappa shape index (κ2) is 10.7. The third-order valence-corrected chi connectivity index (χ3v) is 10.8. The molecule has 2 unspecified atom stereocenters. The number of alkyl halides is 2. The van der Waals surface area contributed by atoms with Crippen LogP contribution in [0.1, 0.15) is 51.0 Å². The first-order valence-corrected chi connectivity index (χ1v) is 15.5. The van der Waals surface area contributed by atoms with Crippen molar-refractivity contribution in [2.75, 3.05) is 6.61 Å². The summed E-state index contributed by atoms with van der Waals surface area (Å²) in [6, 6.07) is 11.6. The molecule has 38 heavy (non-hydrogen) atoms. The SMILES string of the molecule is Cc1cc(I)cc(I)c1Sc1ccc(OC(=O)OC23CC4CC(CC(COC(=O)C(C)(F)F)(C4)C2)C3)cc1. The van der Waals surface area contributed by atoms with Crippen molar-refractivity contribution in [3.63, 3.8) is 0 Å². The Hall–Kier alpha value is -1.15. The van der Waals surface area contributed by atoms with Crippen molar-refractivity contribution in [3.05, 3.63) is 49.1 Å². The molecule has 4 aliphatic rings. The molecule has 0 N–H and O–H groups in total. The topological polar surface area (TPSA) is 61.8 Å². The van der Waals surface area contributed by atoms with Crippen LogP contribution in [0.15, 0.2) is 46.2 Å². The third kappa shape index (κ3) is 6.26. The molecule has 204 valence electrons. The minimum atomic E-state index is -3.52. The van der Waals surface area contributed by atoms with Gasteiger partial charge >= 0.3 is 18.0 Å². The molecule has 2 aromatic rings. The average Bonchev–Trinajstić information content (AvgIpc) is 2.79. The molecule has 0 aliphatic heterocycles. The van der Waals surface area contributed by atoms with E-state index in [-0.39, 0.29) is 6.61 Å². The number of halogens is 4. The van der Waals surface area contributed by atoms with Crippen molar-refractivity contribution in [2.45, 2.75) is 73.7 Å². The van der Waals surface area contributed by atoms with Crippen LogP contribution in [0.2, 0.25) is 0 Å². The van der Waals surface area contributed by atoms with Gasteiger partial charge < -0.3 is 14.2 Å². The van der Waals surface area contributed by atoms with Gasteiger partial charge in [-0.3, -0.25) is 0 Å². The Kier molecular flexibility index (Phi) is 7.98. The normalized spacial score (nSPS) is 27.7. The van der Waals surface area contributed by atoms with E-state index in [0.29, 0.717) is 30.9 Å². The molecular weight excluding hydrogens is 740 g/mol. The molecule has 4 aliphatic carbocycles. The van der Waals surface area contributed by atoms with Crippen LogP contribution < -0.4 is 4.74 Å². The highest BCUT2D eigenvalue weighted by molar-refractivity contribution is 14.1. The van der Waals surface area contributed by atoms with Gasteiger partial charge in [-0.2, -0.15) is 8.78 Å². The van der Waals surface area contributed by atoms with E-state index in [4.69, 9.17) is 14.2 Å². The number of esters is 1. The molecule has 2 aromatic carbocycles. The lowest BCUT2D eigenvalue weighted by Crippen LogP contribution is -2.59. The van der Waals surface area contributed by atoms with Gasteiger partial charge in [0.15, 0.2) is 0 Å². The quantitative estimate of drug-likeness (QED) is 0.160. The lowest BCUT2D eigenvalue weighted by molar-refractivity contribution is -0.199. The Labute approximate surface area is 252 Å². The molecule has 5 nitrogen and oxygen atoms in total. The molecule has 10 heteroatoms. The van der Waals surface area contributed by atoms with Crippen LogP contribution in [0.25, 0.3) is 0 Å². The van der Waals surface area contributed by atoms with E-state index in [1.165, 1.54) is 17.6 Å². The molecule has 0 saturated heterocycles. The highest BCUT2D eigenvalue weighted by Gasteiger charge is 2.60. The van der Waals surface area contributed by atoms with Crippen LogP contribution in [-0.4, -0.2) is 30.3 Å². The summed E-state index contributed by atoms with van der Waals surface area (Å²) in [5.74, 6) is -4.00. The first-order chi connectivity index (χ1) is 17.8. The van der Waals surface area contributed by atoms with E-state index < -0.39 is 29.1 Å². The highest BCUT2D eigenvalue weighted by atomic mass is 127. The molecule has 0 aromatic heterocycles. The largest absolute Gasteiger partial charge is 0.514 e. The van der Waals surface area contributed by atoms with Crippen molar-refractivity contribution >= 4 is 69.1 Å². The molecule has 0 radical (unpaired) electrons. The summed E-state index contributed by atoms with van der Waals surface area (Å²) in [4.78, 5) is 26.8. The monoisotopic (exact) mass is 768 g/mol. The fourth-order valence-corrected chi connectivity index (χ4v) is 10.2. The van der Waals surface area contributed by atoms with Crippen LogP contribution in [0, 0.1) is 31.3 Å². The number of benzene rings is 2. The molecule has 4 bridgehead atoms. The zero-order chi connectivity index (χ0) is 27.3. The summed E-state index contributed by atoms with van der Waals surface area (Å²) in [6.07, 6.45) is 3.80. The van der Waals surface area contributed by atoms with Crippen LogP contribution in [0.4, 0.5) is 13.6 Å². The van der Waals surface area contributed by atoms with Gasteiger partial charge in [0.1, 0.15) is 11.4 Å². The zero-order valence-corrected chi connectivity index (χ0v) is 26.2. The summed E-state index contributed by atoms with van der Waals surface area (Å²) in [5, 5.41) is 0. The fraction of sp³-hybridized carbons (Fsp3) is 0.500. The summed E-state index contributed by atoms with van der Waals surface area (Å²) in [6.45, 7) is 2.57. The maximum Gasteiger partial charge on any atom is 0.514 e. The van der Waals surface area contributed by atoms with Crippen molar-refractivity contribution in [1.82, 2.24) is 0 Å². The Balaban J connectivity index is 1.22. The Morgan fingerprint density at radius 1 is 1.08 bits per heavy atom. The molecule has 4 saturated carbocycles. The predicted octanol–water partition coefficient (Wildman–Crippen LogP) is 8.41. The number of aryl methyl sites for hydroxylation is 1. The van der Waals surface area contributed by atoms with Gasteiger partial charge in [-0.05, 0) is 144 Å². The molecule has 0 spiro atoms. The fourth-order valence-electron chi connectivity index (χ4n) is 6.80. The highest BCUT2D eigenvalue weighted by Crippen LogP contribution is 2.63. The lowest BCUT2D eigenvalue weighted by atomic mass is 9.48. The number of carbonyl (C=O) groups excluding carboxylic acids is 2. The number of ether oxygens (including phenoxy) is 3. The number of hydrogen-bond acceptors (Lipinski definition) is 6. The molecule has 2 atom stereocenters. The maximum atomic E-state index is 13.4. The number of hydrogen-bond donors (Lipinski definition) is 0. The molecule has 0 heterocycles. The van der Waals surface area contributed by atoms with Gasteiger partial charge in [0, 0.05) is 29.3 Å². The Bertz CT molecular complexity index is 1210. The van der Waals surface area contributed by atoms with Crippen molar-refractivity contribution < 1.29 is 32.6 Å². The van der Waals surface area contributed by atoms with E-state index in [2.05, 4.69) is 64.2 Å². The third-order valence-electron chi connectivity index (χ3n) is 7.74. The minimum absolute atomic E-state index is 0.0689. The van der Waals surface area contributed by atoms with E-state index in [1.54, 1.807) is 23.9 Å². The summed E-state index contributed by atoms with van der Waals surface area (Å²) in [7, 11) is 0. The van der Waals surface area contributed by atoms with Gasteiger partial charge in [-0.1, -0.05) is 11.8 Å². The van der Waals surface area contributed by atoms with E-state index in [1.807, 2.05) is 12.1 Å². The van der Waals surface area contributed by atoms with Gasteiger partial charge in [0.05, 0.1) is 6.61 Å². The van der Waals surface area contributed by atoms with Crippen LogP contribution in [0.3, 0.4) is 0 Å². The van der Waals surface area contributed by atoms with Gasteiger partial charge in [-0.25, -0.2) is 9.59 Å². The van der Waals surface area contributed by atoms with E-state index in [0.717, 1.165) is 37.0 Å². The van der Waals surface area contributed by atoms with Crippen LogP contribution in [-0.2, 0) is 14.3 Å². The molecule has 0 amide bonds. The molecule has 4 fully saturated rings. The van der Waals surface area contributed by atoms with Gasteiger partial charge in [-0.15, -0.1) is 0 Å². The van der Waals surface area contributed by atoms with Gasteiger partial charge in [0.25, 0.3) is 0 Å². The summed E-state index contributed by atoms with van der Waals surface area (Å²) < 4.78 is 45.6. The van der Waals surface area contributed by atoms with Gasteiger partial charge in [0.2, 0.25) is 0 Å². The lowest BCUT2D eigenvalue weighted by Gasteiger charge is -2.60. The molecule has 6 rings (SSSR count). The smallest absolute Gasteiger partial charge is 0.461 e.